The molecule has 20 heavy (non-hydrogen) atoms. The average molecular weight is 307 g/mol. The summed E-state index contributed by atoms with van der Waals surface area (Å²) < 4.78 is 46.4. The van der Waals surface area contributed by atoms with Gasteiger partial charge in [0.1, 0.15) is 12.4 Å². The molecule has 0 heterocycles. The molecule has 0 aliphatic rings. The number of benzene rings is 1. The maximum absolute atomic E-state index is 12.2. The Bertz CT molecular complexity index is 434. The SMILES string of the molecule is CC(OCCOc1ccc(CC(N)=S)cc1)C(F)(F)F. The minimum atomic E-state index is -4.34. The van der Waals surface area contributed by atoms with Crippen molar-refractivity contribution in [2.75, 3.05) is 13.2 Å². The third-order valence-corrected chi connectivity index (χ3v) is 2.63. The van der Waals surface area contributed by atoms with Crippen molar-refractivity contribution in [3.05, 3.63) is 29.8 Å². The van der Waals surface area contributed by atoms with Gasteiger partial charge in [-0.1, -0.05) is 24.4 Å². The van der Waals surface area contributed by atoms with Crippen LogP contribution in [0.4, 0.5) is 13.2 Å². The second-order valence-electron chi connectivity index (χ2n) is 4.19. The van der Waals surface area contributed by atoms with Gasteiger partial charge >= 0.3 is 6.18 Å². The molecule has 1 atom stereocenters. The molecule has 1 rings (SSSR count). The molecule has 0 bridgehead atoms. The van der Waals surface area contributed by atoms with Gasteiger partial charge in [-0.15, -0.1) is 0 Å². The number of hydrogen-bond acceptors (Lipinski definition) is 3. The molecule has 0 radical (unpaired) electrons. The van der Waals surface area contributed by atoms with Crippen LogP contribution in [-0.2, 0) is 11.2 Å². The molecule has 0 saturated carbocycles. The zero-order valence-electron chi connectivity index (χ0n) is 10.9. The van der Waals surface area contributed by atoms with Crippen LogP contribution < -0.4 is 10.5 Å². The molecule has 0 aromatic heterocycles. The second kappa shape index (κ2) is 7.44. The van der Waals surface area contributed by atoms with Crippen molar-refractivity contribution in [1.29, 1.82) is 0 Å². The summed E-state index contributed by atoms with van der Waals surface area (Å²) in [5, 5.41) is 0. The number of ether oxygens (including phenoxy) is 2. The van der Waals surface area contributed by atoms with Gasteiger partial charge < -0.3 is 15.2 Å². The van der Waals surface area contributed by atoms with Gasteiger partial charge in [0.2, 0.25) is 0 Å². The van der Waals surface area contributed by atoms with Crippen LogP contribution >= 0.6 is 12.2 Å². The van der Waals surface area contributed by atoms with Crippen molar-refractivity contribution in [3.63, 3.8) is 0 Å². The molecule has 0 spiro atoms. The van der Waals surface area contributed by atoms with Crippen LogP contribution in [0.15, 0.2) is 24.3 Å². The Morgan fingerprint density at radius 1 is 1.25 bits per heavy atom. The molecule has 2 N–H and O–H groups in total. The molecule has 3 nitrogen and oxygen atoms in total. The highest BCUT2D eigenvalue weighted by Gasteiger charge is 2.36. The average Bonchev–Trinajstić information content (AvgIpc) is 2.34. The van der Waals surface area contributed by atoms with E-state index in [1.807, 2.05) is 0 Å². The summed E-state index contributed by atoms with van der Waals surface area (Å²) >= 11 is 4.79. The van der Waals surface area contributed by atoms with Crippen molar-refractivity contribution in [3.8, 4) is 5.75 Å². The maximum atomic E-state index is 12.2. The second-order valence-corrected chi connectivity index (χ2v) is 4.71. The highest BCUT2D eigenvalue weighted by molar-refractivity contribution is 7.80. The van der Waals surface area contributed by atoms with Crippen LogP contribution in [0.25, 0.3) is 0 Å². The Labute approximate surface area is 120 Å². The summed E-state index contributed by atoms with van der Waals surface area (Å²) in [6, 6.07) is 7.02. The first-order valence-corrected chi connectivity index (χ1v) is 6.38. The molecule has 0 aliphatic carbocycles. The van der Waals surface area contributed by atoms with Gasteiger partial charge in [0.15, 0.2) is 6.10 Å². The fraction of sp³-hybridized carbons (Fsp3) is 0.462. The Balaban J connectivity index is 2.30. The standard InChI is InChI=1S/C13H16F3NO2S/c1-9(13(14,15)16)18-6-7-19-11-4-2-10(3-5-11)8-12(17)20/h2-5,9H,6-8H2,1H3,(H2,17,20). The number of hydrogen-bond donors (Lipinski definition) is 1. The predicted octanol–water partition coefficient (Wildman–Crippen LogP) is 2.86. The van der Waals surface area contributed by atoms with Crippen LogP contribution in [-0.4, -0.2) is 30.5 Å². The molecule has 7 heteroatoms. The van der Waals surface area contributed by atoms with Gasteiger partial charge in [-0.3, -0.25) is 0 Å². The molecule has 1 aromatic rings. The van der Waals surface area contributed by atoms with Crippen LogP contribution in [0.1, 0.15) is 12.5 Å². The molecule has 112 valence electrons. The van der Waals surface area contributed by atoms with Crippen LogP contribution in [0, 0.1) is 0 Å². The molecule has 0 fully saturated rings. The third kappa shape index (κ3) is 6.21. The minimum absolute atomic E-state index is 0.0507. The molecular weight excluding hydrogens is 291 g/mol. The van der Waals surface area contributed by atoms with Crippen LogP contribution in [0.3, 0.4) is 0 Å². The first kappa shape index (κ1) is 16.7. The number of thiocarbonyl (C=S) groups is 1. The monoisotopic (exact) mass is 307 g/mol. The number of halogens is 3. The molecule has 0 amide bonds. The number of rotatable bonds is 7. The Morgan fingerprint density at radius 2 is 1.85 bits per heavy atom. The summed E-state index contributed by atoms with van der Waals surface area (Å²) in [4.78, 5) is 0.396. The van der Waals surface area contributed by atoms with Gasteiger partial charge in [-0.25, -0.2) is 0 Å². The fourth-order valence-electron chi connectivity index (χ4n) is 1.38. The van der Waals surface area contributed by atoms with Gasteiger partial charge in [-0.2, -0.15) is 13.2 Å². The van der Waals surface area contributed by atoms with E-state index >= 15 is 0 Å². The van der Waals surface area contributed by atoms with E-state index in [2.05, 4.69) is 4.74 Å². The zero-order valence-corrected chi connectivity index (χ0v) is 11.8. The van der Waals surface area contributed by atoms with E-state index < -0.39 is 12.3 Å². The minimum Gasteiger partial charge on any atom is -0.491 e. The van der Waals surface area contributed by atoms with Gasteiger partial charge in [0.25, 0.3) is 0 Å². The Kier molecular flexibility index (Phi) is 6.22. The lowest BCUT2D eigenvalue weighted by atomic mass is 10.1. The smallest absolute Gasteiger partial charge is 0.414 e. The lowest BCUT2D eigenvalue weighted by Crippen LogP contribution is -2.29. The first-order chi connectivity index (χ1) is 9.29. The first-order valence-electron chi connectivity index (χ1n) is 5.97. The van der Waals surface area contributed by atoms with Gasteiger partial charge in [0.05, 0.1) is 11.6 Å². The van der Waals surface area contributed by atoms with Crippen molar-refractivity contribution in [2.45, 2.75) is 25.6 Å². The maximum Gasteiger partial charge on any atom is 0.414 e. The summed E-state index contributed by atoms with van der Waals surface area (Å²) in [6.45, 7) is 0.884. The van der Waals surface area contributed by atoms with Crippen LogP contribution in [0.2, 0.25) is 0 Å². The highest BCUT2D eigenvalue weighted by Crippen LogP contribution is 2.22. The molecule has 1 unspecified atom stereocenters. The zero-order chi connectivity index (χ0) is 15.2. The van der Waals surface area contributed by atoms with E-state index in [0.29, 0.717) is 17.2 Å². The van der Waals surface area contributed by atoms with Gasteiger partial charge in [-0.05, 0) is 24.6 Å². The predicted molar refractivity (Wildman–Crippen MR) is 73.9 cm³/mol. The Morgan fingerprint density at radius 3 is 2.35 bits per heavy atom. The largest absolute Gasteiger partial charge is 0.491 e. The summed E-state index contributed by atoms with van der Waals surface area (Å²) in [5.41, 5.74) is 6.37. The summed E-state index contributed by atoms with van der Waals surface area (Å²) in [7, 11) is 0. The van der Waals surface area contributed by atoms with Crippen LogP contribution in [0.5, 0.6) is 5.75 Å². The van der Waals surface area contributed by atoms with Gasteiger partial charge in [0, 0.05) is 6.42 Å². The summed E-state index contributed by atoms with van der Waals surface area (Å²) in [5.74, 6) is 0.556. The highest BCUT2D eigenvalue weighted by atomic mass is 32.1. The van der Waals surface area contributed by atoms with E-state index in [4.69, 9.17) is 22.7 Å². The van der Waals surface area contributed by atoms with Crippen molar-refractivity contribution in [2.24, 2.45) is 5.73 Å². The normalized spacial score (nSPS) is 13.0. The lowest BCUT2D eigenvalue weighted by molar-refractivity contribution is -0.215. The number of nitrogens with two attached hydrogens (primary N) is 1. The topological polar surface area (TPSA) is 44.5 Å². The van der Waals surface area contributed by atoms with Crippen molar-refractivity contribution >= 4 is 17.2 Å². The van der Waals surface area contributed by atoms with Crippen molar-refractivity contribution < 1.29 is 22.6 Å². The fourth-order valence-corrected chi connectivity index (χ4v) is 1.55. The molecule has 0 saturated heterocycles. The lowest BCUT2D eigenvalue weighted by Gasteiger charge is -2.16. The van der Waals surface area contributed by atoms with E-state index in [9.17, 15) is 13.2 Å². The van der Waals surface area contributed by atoms with E-state index in [1.165, 1.54) is 0 Å². The molecule has 1 aromatic carbocycles. The summed E-state index contributed by atoms with van der Waals surface area (Å²) in [6.07, 6.45) is -5.64. The van der Waals surface area contributed by atoms with Crippen molar-refractivity contribution in [1.82, 2.24) is 0 Å². The van der Waals surface area contributed by atoms with E-state index in [1.54, 1.807) is 24.3 Å². The van der Waals surface area contributed by atoms with E-state index in [0.717, 1.165) is 12.5 Å². The molecular formula is C13H16F3NO2S. The number of alkyl halides is 3. The quantitative estimate of drug-likeness (QED) is 0.621. The Hall–Kier alpha value is -1.34. The molecule has 0 aliphatic heterocycles. The van der Waals surface area contributed by atoms with E-state index in [-0.39, 0.29) is 13.2 Å². The third-order valence-electron chi connectivity index (χ3n) is 2.48.